The maximum atomic E-state index is 10.0. The minimum atomic E-state index is -0.271. The summed E-state index contributed by atoms with van der Waals surface area (Å²) < 4.78 is 5.31. The molecule has 5 heteroatoms. The number of likely N-dealkylation sites (tertiary alicyclic amines) is 1. The molecule has 19 heavy (non-hydrogen) atoms. The Morgan fingerprint density at radius 3 is 2.79 bits per heavy atom. The van der Waals surface area contributed by atoms with Crippen LogP contribution in [0.25, 0.3) is 0 Å². The Hall–Kier alpha value is -0.200. The van der Waals surface area contributed by atoms with Crippen LogP contribution in [0.15, 0.2) is 0 Å². The van der Waals surface area contributed by atoms with E-state index >= 15 is 0 Å². The number of aliphatic hydroxyl groups excluding tert-OH is 1. The predicted octanol–water partition coefficient (Wildman–Crippen LogP) is -0.247. The van der Waals surface area contributed by atoms with Gasteiger partial charge in [-0.15, -0.1) is 0 Å². The first-order chi connectivity index (χ1) is 9.25. The zero-order valence-electron chi connectivity index (χ0n) is 12.2. The van der Waals surface area contributed by atoms with Crippen molar-refractivity contribution in [2.75, 3.05) is 59.5 Å². The molecule has 2 saturated heterocycles. The molecule has 112 valence electrons. The number of β-amino-alcohol motifs (C(OH)–C–C–N with tert-alkyl or cyclic N) is 1. The highest BCUT2D eigenvalue weighted by Crippen LogP contribution is 2.13. The van der Waals surface area contributed by atoms with Gasteiger partial charge in [0.25, 0.3) is 0 Å². The van der Waals surface area contributed by atoms with Gasteiger partial charge in [-0.25, -0.2) is 0 Å². The topological polar surface area (TPSA) is 48.0 Å². The fourth-order valence-electron chi connectivity index (χ4n) is 2.96. The maximum absolute atomic E-state index is 10.0. The lowest BCUT2D eigenvalue weighted by molar-refractivity contribution is 0.0146. The number of aliphatic hydroxyl groups is 1. The first-order valence-corrected chi connectivity index (χ1v) is 7.65. The van der Waals surface area contributed by atoms with Crippen LogP contribution in [-0.2, 0) is 4.74 Å². The Labute approximate surface area is 116 Å². The maximum Gasteiger partial charge on any atom is 0.0791 e. The summed E-state index contributed by atoms with van der Waals surface area (Å²) in [5.41, 5.74) is 0. The molecule has 0 radical (unpaired) electrons. The summed E-state index contributed by atoms with van der Waals surface area (Å²) in [6.45, 7) is 7.16. The molecule has 2 N–H and O–H groups in total. The van der Waals surface area contributed by atoms with Gasteiger partial charge in [0.2, 0.25) is 0 Å². The predicted molar refractivity (Wildman–Crippen MR) is 76.4 cm³/mol. The van der Waals surface area contributed by atoms with Crippen molar-refractivity contribution in [3.8, 4) is 0 Å². The Morgan fingerprint density at radius 1 is 1.26 bits per heavy atom. The lowest BCUT2D eigenvalue weighted by Crippen LogP contribution is -2.47. The third-order valence-electron chi connectivity index (χ3n) is 4.25. The van der Waals surface area contributed by atoms with Crippen molar-refractivity contribution in [3.63, 3.8) is 0 Å². The van der Waals surface area contributed by atoms with E-state index in [2.05, 4.69) is 22.2 Å². The number of piperidine rings is 1. The molecule has 2 rings (SSSR count). The van der Waals surface area contributed by atoms with E-state index in [4.69, 9.17) is 4.74 Å². The van der Waals surface area contributed by atoms with Gasteiger partial charge < -0.3 is 20.1 Å². The van der Waals surface area contributed by atoms with Crippen LogP contribution in [0.5, 0.6) is 0 Å². The Kier molecular flexibility index (Phi) is 6.53. The zero-order chi connectivity index (χ0) is 13.5. The molecule has 2 aliphatic heterocycles. The van der Waals surface area contributed by atoms with Crippen LogP contribution < -0.4 is 5.32 Å². The van der Waals surface area contributed by atoms with Crippen molar-refractivity contribution >= 4 is 0 Å². The lowest BCUT2D eigenvalue weighted by Gasteiger charge is -2.33. The molecule has 0 aromatic heterocycles. The molecule has 2 unspecified atom stereocenters. The fraction of sp³-hybridized carbons (Fsp3) is 1.00. The van der Waals surface area contributed by atoms with Crippen LogP contribution in [-0.4, -0.2) is 86.6 Å². The molecule has 2 fully saturated rings. The van der Waals surface area contributed by atoms with E-state index in [0.717, 1.165) is 39.4 Å². The third-order valence-corrected chi connectivity index (χ3v) is 4.25. The molecule has 2 heterocycles. The number of morpholine rings is 1. The number of nitrogens with one attached hydrogen (secondary N) is 1. The van der Waals surface area contributed by atoms with Gasteiger partial charge in [0.1, 0.15) is 0 Å². The van der Waals surface area contributed by atoms with Crippen LogP contribution in [0.3, 0.4) is 0 Å². The van der Waals surface area contributed by atoms with E-state index in [9.17, 15) is 5.11 Å². The van der Waals surface area contributed by atoms with Crippen LogP contribution in [0.1, 0.15) is 19.3 Å². The van der Waals surface area contributed by atoms with E-state index in [-0.39, 0.29) is 6.10 Å². The second-order valence-electron chi connectivity index (χ2n) is 5.86. The average Bonchev–Trinajstić information content (AvgIpc) is 2.42. The minimum Gasteiger partial charge on any atom is -0.390 e. The monoisotopic (exact) mass is 271 g/mol. The van der Waals surface area contributed by atoms with Crippen LogP contribution in [0.2, 0.25) is 0 Å². The smallest absolute Gasteiger partial charge is 0.0791 e. The molecule has 0 aliphatic carbocycles. The summed E-state index contributed by atoms with van der Waals surface area (Å²) in [6, 6.07) is 0.643. The van der Waals surface area contributed by atoms with E-state index in [0.29, 0.717) is 12.6 Å². The van der Waals surface area contributed by atoms with Crippen molar-refractivity contribution in [1.29, 1.82) is 0 Å². The van der Waals surface area contributed by atoms with E-state index < -0.39 is 0 Å². The quantitative estimate of drug-likeness (QED) is 0.698. The molecule has 2 atom stereocenters. The Morgan fingerprint density at radius 2 is 2.05 bits per heavy atom. The highest BCUT2D eigenvalue weighted by atomic mass is 16.5. The highest BCUT2D eigenvalue weighted by molar-refractivity contribution is 4.77. The van der Waals surface area contributed by atoms with Gasteiger partial charge in [0.15, 0.2) is 0 Å². The zero-order valence-corrected chi connectivity index (χ0v) is 12.2. The average molecular weight is 271 g/mol. The summed E-state index contributed by atoms with van der Waals surface area (Å²) in [7, 11) is 2.20. The first-order valence-electron chi connectivity index (χ1n) is 7.65. The third kappa shape index (κ3) is 5.36. The molecule has 0 aromatic rings. The molecule has 0 amide bonds. The number of ether oxygens (including phenoxy) is 1. The molecule has 0 bridgehead atoms. The van der Waals surface area contributed by atoms with Gasteiger partial charge in [-0.05, 0) is 26.4 Å². The van der Waals surface area contributed by atoms with Gasteiger partial charge in [-0.3, -0.25) is 4.90 Å². The normalized spacial score (nSPS) is 28.4. The van der Waals surface area contributed by atoms with Crippen molar-refractivity contribution in [1.82, 2.24) is 15.1 Å². The van der Waals surface area contributed by atoms with E-state index in [1.54, 1.807) is 0 Å². The first kappa shape index (κ1) is 15.2. The summed E-state index contributed by atoms with van der Waals surface area (Å²) in [5.74, 6) is 0. The lowest BCUT2D eigenvalue weighted by atomic mass is 10.0. The summed E-state index contributed by atoms with van der Waals surface area (Å²) >= 11 is 0. The number of nitrogens with zero attached hydrogens (tertiary/aromatic N) is 2. The van der Waals surface area contributed by atoms with Gasteiger partial charge in [0.05, 0.1) is 19.3 Å². The number of hydrogen-bond donors (Lipinski definition) is 2. The van der Waals surface area contributed by atoms with Crippen molar-refractivity contribution < 1.29 is 9.84 Å². The molecular formula is C14H29N3O2. The molecule has 0 saturated carbocycles. The molecular weight excluding hydrogens is 242 g/mol. The van der Waals surface area contributed by atoms with E-state index in [1.807, 2.05) is 0 Å². The minimum absolute atomic E-state index is 0.271. The molecule has 0 spiro atoms. The summed E-state index contributed by atoms with van der Waals surface area (Å²) in [6.07, 6.45) is 3.68. The second-order valence-corrected chi connectivity index (χ2v) is 5.86. The van der Waals surface area contributed by atoms with Gasteiger partial charge in [0, 0.05) is 38.8 Å². The largest absolute Gasteiger partial charge is 0.390 e. The van der Waals surface area contributed by atoms with Gasteiger partial charge >= 0.3 is 0 Å². The second kappa shape index (κ2) is 8.17. The van der Waals surface area contributed by atoms with Crippen LogP contribution >= 0.6 is 0 Å². The molecule has 0 aromatic carbocycles. The highest BCUT2D eigenvalue weighted by Gasteiger charge is 2.19. The summed E-state index contributed by atoms with van der Waals surface area (Å²) in [4.78, 5) is 4.72. The number of likely N-dealkylation sites (N-methyl/N-ethyl adjacent to an activating group) is 1. The van der Waals surface area contributed by atoms with Crippen LogP contribution in [0, 0.1) is 0 Å². The number of hydrogen-bond acceptors (Lipinski definition) is 5. The molecule has 5 nitrogen and oxygen atoms in total. The Balaban J connectivity index is 1.56. The summed E-state index contributed by atoms with van der Waals surface area (Å²) in [5, 5.41) is 13.5. The standard InChI is InChI=1S/C14H29N3O2/c1-16-5-3-2-4-13(16)10-15-11-14(18)12-17-6-8-19-9-7-17/h13-15,18H,2-12H2,1H3. The van der Waals surface area contributed by atoms with Crippen molar-refractivity contribution in [2.45, 2.75) is 31.4 Å². The number of rotatable bonds is 6. The van der Waals surface area contributed by atoms with Crippen molar-refractivity contribution in [3.05, 3.63) is 0 Å². The fourth-order valence-corrected chi connectivity index (χ4v) is 2.96. The van der Waals surface area contributed by atoms with Crippen LogP contribution in [0.4, 0.5) is 0 Å². The van der Waals surface area contributed by atoms with Crippen molar-refractivity contribution in [2.24, 2.45) is 0 Å². The van der Waals surface area contributed by atoms with Gasteiger partial charge in [-0.2, -0.15) is 0 Å². The van der Waals surface area contributed by atoms with Gasteiger partial charge in [-0.1, -0.05) is 6.42 Å². The Bertz CT molecular complexity index is 247. The SMILES string of the molecule is CN1CCCCC1CNCC(O)CN1CCOCC1. The molecule has 2 aliphatic rings. The van der Waals surface area contributed by atoms with E-state index in [1.165, 1.54) is 25.8 Å².